The van der Waals surface area contributed by atoms with Crippen LogP contribution in [0.25, 0.3) is 10.8 Å². The van der Waals surface area contributed by atoms with E-state index in [1.807, 2.05) is 37.3 Å². The maximum Gasteiger partial charge on any atom is 0.221 e. The van der Waals surface area contributed by atoms with Crippen molar-refractivity contribution in [2.75, 3.05) is 20.0 Å². The Labute approximate surface area is 134 Å². The van der Waals surface area contributed by atoms with E-state index >= 15 is 0 Å². The van der Waals surface area contributed by atoms with Crippen LogP contribution in [0.15, 0.2) is 41.6 Å². The molecule has 1 heterocycles. The number of aromatic nitrogens is 2. The Morgan fingerprint density at radius 1 is 1.17 bits per heavy atom. The summed E-state index contributed by atoms with van der Waals surface area (Å²) in [5.74, 6) is 1.85. The van der Waals surface area contributed by atoms with Crippen molar-refractivity contribution in [2.24, 2.45) is 5.10 Å². The SMILES string of the molecule is COc1ccc2ccc(OC)c(C=Nn3cc(C)nc3N)c2c1. The van der Waals surface area contributed by atoms with Crippen molar-refractivity contribution < 1.29 is 9.47 Å². The maximum atomic E-state index is 5.82. The lowest BCUT2D eigenvalue weighted by Gasteiger charge is -2.10. The largest absolute Gasteiger partial charge is 0.497 e. The van der Waals surface area contributed by atoms with Crippen LogP contribution in [0.3, 0.4) is 0 Å². The second-order valence-corrected chi connectivity index (χ2v) is 5.10. The summed E-state index contributed by atoms with van der Waals surface area (Å²) in [4.78, 5) is 4.13. The van der Waals surface area contributed by atoms with Gasteiger partial charge in [0.25, 0.3) is 0 Å². The molecule has 3 rings (SSSR count). The number of nitrogens with zero attached hydrogens (tertiary/aromatic N) is 3. The summed E-state index contributed by atoms with van der Waals surface area (Å²) in [6.45, 7) is 1.87. The minimum atomic E-state index is 0.343. The third-order valence-electron chi connectivity index (χ3n) is 3.60. The van der Waals surface area contributed by atoms with Gasteiger partial charge in [-0.25, -0.2) is 9.66 Å². The quantitative estimate of drug-likeness (QED) is 0.752. The van der Waals surface area contributed by atoms with Crippen LogP contribution in [0, 0.1) is 6.92 Å². The van der Waals surface area contributed by atoms with Gasteiger partial charge < -0.3 is 15.2 Å². The van der Waals surface area contributed by atoms with Crippen molar-refractivity contribution in [3.05, 3.63) is 47.8 Å². The average molecular weight is 310 g/mol. The molecule has 0 saturated carbocycles. The van der Waals surface area contributed by atoms with Gasteiger partial charge in [0.2, 0.25) is 5.95 Å². The zero-order valence-corrected chi connectivity index (χ0v) is 13.3. The lowest BCUT2D eigenvalue weighted by molar-refractivity contribution is 0.413. The van der Waals surface area contributed by atoms with E-state index in [1.54, 1.807) is 26.6 Å². The first-order valence-electron chi connectivity index (χ1n) is 7.13. The molecule has 2 N–H and O–H groups in total. The Kier molecular flexibility index (Phi) is 3.89. The van der Waals surface area contributed by atoms with Crippen LogP contribution in [0.5, 0.6) is 11.5 Å². The highest BCUT2D eigenvalue weighted by molar-refractivity contribution is 6.03. The van der Waals surface area contributed by atoms with Crippen molar-refractivity contribution in [1.29, 1.82) is 0 Å². The first kappa shape index (κ1) is 14.9. The molecule has 0 bridgehead atoms. The molecule has 0 unspecified atom stereocenters. The molecule has 0 amide bonds. The highest BCUT2D eigenvalue weighted by Crippen LogP contribution is 2.29. The number of hydrogen-bond acceptors (Lipinski definition) is 5. The van der Waals surface area contributed by atoms with Gasteiger partial charge in [0.05, 0.1) is 32.3 Å². The number of nitrogens with two attached hydrogens (primary N) is 1. The van der Waals surface area contributed by atoms with E-state index in [4.69, 9.17) is 15.2 Å². The van der Waals surface area contributed by atoms with E-state index in [0.717, 1.165) is 33.5 Å². The summed E-state index contributed by atoms with van der Waals surface area (Å²) < 4.78 is 12.3. The average Bonchev–Trinajstić information content (AvgIpc) is 2.89. The molecular weight excluding hydrogens is 292 g/mol. The van der Waals surface area contributed by atoms with Gasteiger partial charge in [0, 0.05) is 5.56 Å². The van der Waals surface area contributed by atoms with Crippen LogP contribution in [0.2, 0.25) is 0 Å². The first-order chi connectivity index (χ1) is 11.1. The third-order valence-corrected chi connectivity index (χ3v) is 3.60. The van der Waals surface area contributed by atoms with Gasteiger partial charge in [0.1, 0.15) is 11.5 Å². The van der Waals surface area contributed by atoms with E-state index in [2.05, 4.69) is 10.1 Å². The summed E-state index contributed by atoms with van der Waals surface area (Å²) in [5.41, 5.74) is 7.49. The lowest BCUT2D eigenvalue weighted by Crippen LogP contribution is -1.99. The van der Waals surface area contributed by atoms with Crippen LogP contribution < -0.4 is 15.2 Å². The number of rotatable bonds is 4. The molecule has 0 aliphatic rings. The van der Waals surface area contributed by atoms with Crippen LogP contribution in [-0.2, 0) is 0 Å². The molecule has 0 fully saturated rings. The van der Waals surface area contributed by atoms with Crippen molar-refractivity contribution in [2.45, 2.75) is 6.92 Å². The van der Waals surface area contributed by atoms with Gasteiger partial charge in [-0.1, -0.05) is 12.1 Å². The predicted octanol–water partition coefficient (Wildman–Crippen LogP) is 2.83. The van der Waals surface area contributed by atoms with E-state index in [0.29, 0.717) is 5.95 Å². The van der Waals surface area contributed by atoms with Gasteiger partial charge >= 0.3 is 0 Å². The number of fused-ring (bicyclic) bond motifs is 1. The number of methoxy groups -OCH3 is 2. The van der Waals surface area contributed by atoms with Crippen LogP contribution >= 0.6 is 0 Å². The number of aryl methyl sites for hydroxylation is 1. The summed E-state index contributed by atoms with van der Waals surface area (Å²) in [6.07, 6.45) is 3.49. The molecule has 23 heavy (non-hydrogen) atoms. The Hall–Kier alpha value is -3.02. The van der Waals surface area contributed by atoms with E-state index in [9.17, 15) is 0 Å². The van der Waals surface area contributed by atoms with Crippen LogP contribution in [0.4, 0.5) is 5.95 Å². The summed E-state index contributed by atoms with van der Waals surface area (Å²) in [6, 6.07) is 9.80. The Balaban J connectivity index is 2.15. The third kappa shape index (κ3) is 2.83. The second-order valence-electron chi connectivity index (χ2n) is 5.10. The van der Waals surface area contributed by atoms with E-state index < -0.39 is 0 Å². The molecule has 2 aromatic carbocycles. The molecule has 0 aliphatic carbocycles. The fourth-order valence-electron chi connectivity index (χ4n) is 2.46. The number of benzene rings is 2. The van der Waals surface area contributed by atoms with E-state index in [-0.39, 0.29) is 0 Å². The molecule has 0 spiro atoms. The first-order valence-corrected chi connectivity index (χ1v) is 7.13. The van der Waals surface area contributed by atoms with Gasteiger partial charge in [-0.3, -0.25) is 0 Å². The number of anilines is 1. The minimum absolute atomic E-state index is 0.343. The number of nitrogen functional groups attached to an aromatic ring is 1. The lowest BCUT2D eigenvalue weighted by atomic mass is 10.0. The summed E-state index contributed by atoms with van der Waals surface area (Å²) >= 11 is 0. The van der Waals surface area contributed by atoms with Crippen LogP contribution in [-0.4, -0.2) is 30.1 Å². The molecule has 0 aliphatic heterocycles. The monoisotopic (exact) mass is 310 g/mol. The predicted molar refractivity (Wildman–Crippen MR) is 91.4 cm³/mol. The Morgan fingerprint density at radius 3 is 2.61 bits per heavy atom. The Morgan fingerprint density at radius 2 is 1.96 bits per heavy atom. The molecule has 6 heteroatoms. The molecule has 6 nitrogen and oxygen atoms in total. The molecular formula is C17H18N4O2. The normalized spacial score (nSPS) is 11.3. The van der Waals surface area contributed by atoms with Gasteiger partial charge in [-0.15, -0.1) is 0 Å². The molecule has 0 radical (unpaired) electrons. The fraction of sp³-hybridized carbons (Fsp3) is 0.176. The van der Waals surface area contributed by atoms with Crippen molar-refractivity contribution in [1.82, 2.24) is 9.66 Å². The Bertz CT molecular complexity index is 878. The topological polar surface area (TPSA) is 74.7 Å². The minimum Gasteiger partial charge on any atom is -0.497 e. The number of imidazole rings is 1. The van der Waals surface area contributed by atoms with Gasteiger partial charge in [-0.05, 0) is 35.9 Å². The molecule has 3 aromatic rings. The molecule has 1 aromatic heterocycles. The molecule has 118 valence electrons. The standard InChI is InChI=1S/C17H18N4O2/c1-11-10-21(17(18)20-11)19-9-15-14-8-13(22-2)6-4-12(14)5-7-16(15)23-3/h4-10H,1-3H3,(H2,18,20). The molecule has 0 saturated heterocycles. The van der Waals surface area contributed by atoms with Crippen LogP contribution in [0.1, 0.15) is 11.3 Å². The van der Waals surface area contributed by atoms with Crippen molar-refractivity contribution in [3.8, 4) is 11.5 Å². The fourth-order valence-corrected chi connectivity index (χ4v) is 2.46. The maximum absolute atomic E-state index is 5.82. The zero-order valence-electron chi connectivity index (χ0n) is 13.3. The molecule has 0 atom stereocenters. The van der Waals surface area contributed by atoms with E-state index in [1.165, 1.54) is 4.68 Å². The van der Waals surface area contributed by atoms with Gasteiger partial charge in [-0.2, -0.15) is 5.10 Å². The zero-order chi connectivity index (χ0) is 16.4. The van der Waals surface area contributed by atoms with Crippen molar-refractivity contribution in [3.63, 3.8) is 0 Å². The number of hydrogen-bond donors (Lipinski definition) is 1. The highest BCUT2D eigenvalue weighted by atomic mass is 16.5. The summed E-state index contributed by atoms with van der Waals surface area (Å²) in [5, 5.41) is 6.46. The highest BCUT2D eigenvalue weighted by Gasteiger charge is 2.08. The van der Waals surface area contributed by atoms with Crippen molar-refractivity contribution >= 4 is 22.9 Å². The number of ether oxygens (including phenoxy) is 2. The second kappa shape index (κ2) is 6.00. The summed E-state index contributed by atoms with van der Waals surface area (Å²) in [7, 11) is 3.28. The van der Waals surface area contributed by atoms with Gasteiger partial charge in [0.15, 0.2) is 0 Å². The smallest absolute Gasteiger partial charge is 0.221 e.